The van der Waals surface area contributed by atoms with E-state index in [1.165, 1.54) is 18.4 Å². The maximum absolute atomic E-state index is 14.4. The zero-order valence-corrected chi connectivity index (χ0v) is 16.8. The number of hydrogen-bond acceptors (Lipinski definition) is 5. The number of amides is 2. The van der Waals surface area contributed by atoms with E-state index in [4.69, 9.17) is 4.74 Å². The van der Waals surface area contributed by atoms with Crippen LogP contribution in [0.3, 0.4) is 0 Å². The fourth-order valence-electron chi connectivity index (χ4n) is 3.23. The lowest BCUT2D eigenvalue weighted by molar-refractivity contribution is -0.120. The van der Waals surface area contributed by atoms with Crippen LogP contribution in [0.5, 0.6) is 5.75 Å². The lowest BCUT2D eigenvalue weighted by Crippen LogP contribution is -2.33. The number of aryl methyl sites for hydroxylation is 1. The number of imide groups is 1. The third-order valence-electron chi connectivity index (χ3n) is 4.62. The Balaban J connectivity index is 1.85. The van der Waals surface area contributed by atoms with Crippen LogP contribution in [0.25, 0.3) is 5.57 Å². The lowest BCUT2D eigenvalue weighted by Gasteiger charge is -2.17. The number of ether oxygens (including phenoxy) is 1. The first-order valence-corrected chi connectivity index (χ1v) is 9.82. The van der Waals surface area contributed by atoms with Crippen LogP contribution >= 0.6 is 11.3 Å². The standard InChI is InChI=1S/C22H16F2N2O3S/c1-12-5-8-17(29-2)15(10-12)25-20-19(18-4-3-9-30-18)21(27)26(22(20)28)16-11-13(23)6-7-14(16)24/h3-11,25H,1-2H3. The molecular formula is C22H16F2N2O3S. The van der Waals surface area contributed by atoms with Crippen LogP contribution in [0.4, 0.5) is 20.2 Å². The molecular weight excluding hydrogens is 410 g/mol. The van der Waals surface area contributed by atoms with E-state index in [9.17, 15) is 18.4 Å². The molecule has 0 aliphatic carbocycles. The third kappa shape index (κ3) is 3.35. The molecule has 1 aliphatic heterocycles. The number of methoxy groups -OCH3 is 1. The first-order chi connectivity index (χ1) is 14.4. The number of hydrogen-bond donors (Lipinski definition) is 1. The van der Waals surface area contributed by atoms with Gasteiger partial charge in [0.15, 0.2) is 0 Å². The number of carbonyl (C=O) groups excluding carboxylic acids is 2. The van der Waals surface area contributed by atoms with E-state index in [-0.39, 0.29) is 11.3 Å². The minimum atomic E-state index is -0.877. The third-order valence-corrected chi connectivity index (χ3v) is 5.50. The minimum absolute atomic E-state index is 0.0324. The van der Waals surface area contributed by atoms with Gasteiger partial charge in [0.25, 0.3) is 11.8 Å². The predicted octanol–water partition coefficient (Wildman–Crippen LogP) is 4.74. The summed E-state index contributed by atoms with van der Waals surface area (Å²) in [4.78, 5) is 27.6. The van der Waals surface area contributed by atoms with Gasteiger partial charge in [-0.1, -0.05) is 12.1 Å². The average Bonchev–Trinajstić information content (AvgIpc) is 3.31. The number of nitrogens with one attached hydrogen (secondary N) is 1. The summed E-state index contributed by atoms with van der Waals surface area (Å²) >= 11 is 1.26. The van der Waals surface area contributed by atoms with E-state index in [1.807, 2.05) is 13.0 Å². The van der Waals surface area contributed by atoms with Crippen LogP contribution in [-0.2, 0) is 9.59 Å². The monoisotopic (exact) mass is 426 g/mol. The number of carbonyl (C=O) groups is 2. The molecule has 30 heavy (non-hydrogen) atoms. The summed E-state index contributed by atoms with van der Waals surface area (Å²) in [6.45, 7) is 1.87. The molecule has 3 aromatic rings. The first-order valence-electron chi connectivity index (χ1n) is 8.94. The molecule has 1 aromatic heterocycles. The number of benzene rings is 2. The van der Waals surface area contributed by atoms with Crippen molar-refractivity contribution in [2.75, 3.05) is 17.3 Å². The number of halogens is 2. The lowest BCUT2D eigenvalue weighted by atomic mass is 10.1. The molecule has 4 rings (SSSR count). The summed E-state index contributed by atoms with van der Waals surface area (Å²) in [5.41, 5.74) is 0.995. The molecule has 0 spiro atoms. The second-order valence-corrected chi connectivity index (χ2v) is 7.55. The molecule has 1 aliphatic rings. The summed E-state index contributed by atoms with van der Waals surface area (Å²) in [6.07, 6.45) is 0. The molecule has 8 heteroatoms. The van der Waals surface area contributed by atoms with Crippen molar-refractivity contribution in [1.82, 2.24) is 0 Å². The molecule has 0 atom stereocenters. The highest BCUT2D eigenvalue weighted by molar-refractivity contribution is 7.11. The summed E-state index contributed by atoms with van der Waals surface area (Å²) in [5.74, 6) is -2.68. The summed E-state index contributed by atoms with van der Waals surface area (Å²) in [7, 11) is 1.49. The molecule has 2 amide bonds. The van der Waals surface area contributed by atoms with Gasteiger partial charge in [0.2, 0.25) is 0 Å². The molecule has 1 N–H and O–H groups in total. The quantitative estimate of drug-likeness (QED) is 0.599. The van der Waals surface area contributed by atoms with Gasteiger partial charge in [-0.05, 0) is 48.2 Å². The second-order valence-electron chi connectivity index (χ2n) is 6.60. The van der Waals surface area contributed by atoms with Crippen LogP contribution in [0.2, 0.25) is 0 Å². The van der Waals surface area contributed by atoms with Crippen molar-refractivity contribution in [2.24, 2.45) is 0 Å². The van der Waals surface area contributed by atoms with E-state index in [2.05, 4.69) is 5.32 Å². The van der Waals surface area contributed by atoms with Gasteiger partial charge >= 0.3 is 0 Å². The number of nitrogens with zero attached hydrogens (tertiary/aromatic N) is 1. The van der Waals surface area contributed by atoms with E-state index < -0.39 is 29.1 Å². The Morgan fingerprint density at radius 1 is 1.03 bits per heavy atom. The second kappa shape index (κ2) is 7.72. The molecule has 0 unspecified atom stereocenters. The maximum atomic E-state index is 14.4. The van der Waals surface area contributed by atoms with Gasteiger partial charge in [-0.25, -0.2) is 13.7 Å². The van der Waals surface area contributed by atoms with Gasteiger partial charge < -0.3 is 10.1 Å². The minimum Gasteiger partial charge on any atom is -0.495 e. The molecule has 152 valence electrons. The maximum Gasteiger partial charge on any atom is 0.282 e. The average molecular weight is 426 g/mol. The van der Waals surface area contributed by atoms with Crippen LogP contribution in [0, 0.1) is 18.6 Å². The molecule has 0 fully saturated rings. The van der Waals surface area contributed by atoms with Gasteiger partial charge in [-0.15, -0.1) is 11.3 Å². The predicted molar refractivity (Wildman–Crippen MR) is 111 cm³/mol. The highest BCUT2D eigenvalue weighted by Crippen LogP contribution is 2.38. The molecule has 0 bridgehead atoms. The number of thiophene rings is 1. The van der Waals surface area contributed by atoms with Crippen molar-refractivity contribution in [1.29, 1.82) is 0 Å². The van der Waals surface area contributed by atoms with Crippen molar-refractivity contribution >= 4 is 40.1 Å². The van der Waals surface area contributed by atoms with Gasteiger partial charge in [0, 0.05) is 10.9 Å². The molecule has 0 saturated carbocycles. The van der Waals surface area contributed by atoms with Gasteiger partial charge in [-0.2, -0.15) is 0 Å². The molecule has 0 saturated heterocycles. The Bertz CT molecular complexity index is 1190. The van der Waals surface area contributed by atoms with E-state index in [0.29, 0.717) is 21.2 Å². The van der Waals surface area contributed by atoms with Gasteiger partial charge in [0.1, 0.15) is 23.1 Å². The van der Waals surface area contributed by atoms with Crippen LogP contribution in [0.1, 0.15) is 10.4 Å². The zero-order chi connectivity index (χ0) is 21.4. The van der Waals surface area contributed by atoms with Crippen molar-refractivity contribution in [3.63, 3.8) is 0 Å². The largest absolute Gasteiger partial charge is 0.495 e. The van der Waals surface area contributed by atoms with E-state index in [1.54, 1.807) is 29.6 Å². The van der Waals surface area contributed by atoms with Crippen molar-refractivity contribution in [3.8, 4) is 5.75 Å². The Hall–Kier alpha value is -3.52. The SMILES string of the molecule is COc1ccc(C)cc1NC1=C(c2cccs2)C(=O)N(c2cc(F)ccc2F)C1=O. The van der Waals surface area contributed by atoms with Gasteiger partial charge in [0.05, 0.1) is 24.1 Å². The van der Waals surface area contributed by atoms with Crippen molar-refractivity contribution < 1.29 is 23.1 Å². The fraction of sp³-hybridized carbons (Fsp3) is 0.0909. The molecule has 5 nitrogen and oxygen atoms in total. The Morgan fingerprint density at radius 3 is 2.53 bits per heavy atom. The Kier molecular flexibility index (Phi) is 5.09. The van der Waals surface area contributed by atoms with E-state index in [0.717, 1.165) is 23.8 Å². The summed E-state index contributed by atoms with van der Waals surface area (Å²) < 4.78 is 33.5. The van der Waals surface area contributed by atoms with Crippen molar-refractivity contribution in [2.45, 2.75) is 6.92 Å². The van der Waals surface area contributed by atoms with Crippen LogP contribution in [0.15, 0.2) is 59.6 Å². The first kappa shape index (κ1) is 19.8. The number of rotatable bonds is 5. The highest BCUT2D eigenvalue weighted by Gasteiger charge is 2.42. The number of anilines is 2. The van der Waals surface area contributed by atoms with Gasteiger partial charge in [-0.3, -0.25) is 9.59 Å². The van der Waals surface area contributed by atoms with E-state index >= 15 is 0 Å². The topological polar surface area (TPSA) is 58.6 Å². The molecule has 0 radical (unpaired) electrons. The highest BCUT2D eigenvalue weighted by atomic mass is 32.1. The summed E-state index contributed by atoms with van der Waals surface area (Å²) in [5, 5.41) is 4.75. The molecule has 2 heterocycles. The van der Waals surface area contributed by atoms with Crippen LogP contribution in [-0.4, -0.2) is 18.9 Å². The van der Waals surface area contributed by atoms with Crippen molar-refractivity contribution in [3.05, 3.63) is 81.7 Å². The molecule has 2 aromatic carbocycles. The Labute approximate surface area is 175 Å². The zero-order valence-electron chi connectivity index (χ0n) is 16.0. The Morgan fingerprint density at radius 2 is 1.83 bits per heavy atom. The van der Waals surface area contributed by atoms with Crippen LogP contribution < -0.4 is 15.0 Å². The fourth-order valence-corrected chi connectivity index (χ4v) is 3.99. The smallest absolute Gasteiger partial charge is 0.282 e. The normalized spacial score (nSPS) is 13.9. The summed E-state index contributed by atoms with van der Waals surface area (Å²) in [6, 6.07) is 11.4.